The number of anilines is 2. The Morgan fingerprint density at radius 2 is 1.88 bits per heavy atom. The lowest BCUT2D eigenvalue weighted by molar-refractivity contribution is -0.120. The van der Waals surface area contributed by atoms with Crippen LogP contribution in [0.25, 0.3) is 0 Å². The van der Waals surface area contributed by atoms with E-state index < -0.39 is 11.7 Å². The maximum absolute atomic E-state index is 13.8. The molecule has 0 aromatic heterocycles. The third-order valence-electron chi connectivity index (χ3n) is 5.06. The molecule has 1 aliphatic heterocycles. The highest BCUT2D eigenvalue weighted by Gasteiger charge is 2.27. The molecule has 0 unspecified atom stereocenters. The molecule has 0 aliphatic carbocycles. The molecule has 0 atom stereocenters. The Hall–Kier alpha value is -3.22. The van der Waals surface area contributed by atoms with Crippen LogP contribution >= 0.6 is 23.2 Å². The molecule has 32 heavy (non-hydrogen) atoms. The standard InChI is InChI=1S/C24H18Cl2FN3O2/c1-14-6-8-16(11-20(14)27)29-22(31)13-30-21-9-7-15(25)10-18(21)24(28-12-23(30)32)17-4-2-3-5-19(17)26/h2-11H,12-13H2,1H3,(H,29,31). The number of aryl methyl sites for hydroxylation is 1. The largest absolute Gasteiger partial charge is 0.324 e. The number of halogens is 3. The fraction of sp³-hybridized carbons (Fsp3) is 0.125. The van der Waals surface area contributed by atoms with Gasteiger partial charge in [0.05, 0.1) is 11.4 Å². The van der Waals surface area contributed by atoms with E-state index >= 15 is 0 Å². The van der Waals surface area contributed by atoms with Crippen LogP contribution in [0, 0.1) is 12.7 Å². The average Bonchev–Trinajstić information content (AvgIpc) is 2.88. The monoisotopic (exact) mass is 469 g/mol. The third-order valence-corrected chi connectivity index (χ3v) is 5.63. The fourth-order valence-electron chi connectivity index (χ4n) is 3.46. The second-order valence-electron chi connectivity index (χ2n) is 7.30. The van der Waals surface area contributed by atoms with Gasteiger partial charge in [0.25, 0.3) is 0 Å². The number of carbonyl (C=O) groups excluding carboxylic acids is 2. The molecule has 4 rings (SSSR count). The van der Waals surface area contributed by atoms with Crippen LogP contribution in [0.1, 0.15) is 16.7 Å². The number of hydrogen-bond acceptors (Lipinski definition) is 3. The van der Waals surface area contributed by atoms with Crippen molar-refractivity contribution in [1.29, 1.82) is 0 Å². The summed E-state index contributed by atoms with van der Waals surface area (Å²) in [6.45, 7) is 1.20. The normalized spacial score (nSPS) is 13.3. The molecule has 1 N–H and O–H groups in total. The molecule has 2 amide bonds. The van der Waals surface area contributed by atoms with E-state index in [9.17, 15) is 14.0 Å². The van der Waals surface area contributed by atoms with E-state index in [0.29, 0.717) is 43.8 Å². The van der Waals surface area contributed by atoms with E-state index in [1.807, 2.05) is 12.1 Å². The minimum Gasteiger partial charge on any atom is -0.324 e. The first-order valence-electron chi connectivity index (χ1n) is 9.79. The SMILES string of the molecule is Cc1ccc(NC(=O)CN2C(=O)CN=C(c3ccccc3Cl)c3cc(Cl)ccc32)cc1F. The van der Waals surface area contributed by atoms with Crippen molar-refractivity contribution < 1.29 is 14.0 Å². The van der Waals surface area contributed by atoms with Crippen molar-refractivity contribution in [2.24, 2.45) is 4.99 Å². The molecule has 0 radical (unpaired) electrons. The number of nitrogens with one attached hydrogen (secondary N) is 1. The Morgan fingerprint density at radius 3 is 2.62 bits per heavy atom. The molecular formula is C24H18Cl2FN3O2. The molecule has 8 heteroatoms. The van der Waals surface area contributed by atoms with E-state index in [0.717, 1.165) is 0 Å². The average molecular weight is 470 g/mol. The van der Waals surface area contributed by atoms with Gasteiger partial charge in [-0.05, 0) is 48.9 Å². The van der Waals surface area contributed by atoms with Crippen LogP contribution in [-0.4, -0.2) is 30.6 Å². The zero-order valence-electron chi connectivity index (χ0n) is 17.0. The number of aliphatic imine (C=N–C) groups is 1. The van der Waals surface area contributed by atoms with Gasteiger partial charge in [0.1, 0.15) is 18.9 Å². The molecule has 5 nitrogen and oxygen atoms in total. The summed E-state index contributed by atoms with van der Waals surface area (Å²) in [6, 6.07) is 16.6. The third kappa shape index (κ3) is 4.52. The molecule has 0 saturated heterocycles. The molecule has 3 aromatic carbocycles. The molecule has 0 fully saturated rings. The van der Waals surface area contributed by atoms with Crippen LogP contribution in [-0.2, 0) is 9.59 Å². The Labute approximate surface area is 194 Å². The summed E-state index contributed by atoms with van der Waals surface area (Å²) < 4.78 is 13.8. The fourth-order valence-corrected chi connectivity index (χ4v) is 3.85. The van der Waals surface area contributed by atoms with Gasteiger partial charge in [-0.1, -0.05) is 47.5 Å². The molecule has 162 valence electrons. The van der Waals surface area contributed by atoms with Gasteiger partial charge in [-0.3, -0.25) is 14.6 Å². The first-order chi connectivity index (χ1) is 15.3. The zero-order valence-corrected chi connectivity index (χ0v) is 18.5. The molecule has 1 aliphatic rings. The van der Waals surface area contributed by atoms with Gasteiger partial charge in [0, 0.05) is 26.9 Å². The quantitative estimate of drug-likeness (QED) is 0.565. The summed E-state index contributed by atoms with van der Waals surface area (Å²) >= 11 is 12.6. The summed E-state index contributed by atoms with van der Waals surface area (Å²) in [5.41, 5.74) is 3.04. The first-order valence-corrected chi connectivity index (χ1v) is 10.5. The van der Waals surface area contributed by atoms with E-state index in [2.05, 4.69) is 10.3 Å². The molecule has 3 aromatic rings. The summed E-state index contributed by atoms with van der Waals surface area (Å²) in [6.07, 6.45) is 0. The summed E-state index contributed by atoms with van der Waals surface area (Å²) in [5, 5.41) is 3.57. The number of rotatable bonds is 4. The summed E-state index contributed by atoms with van der Waals surface area (Å²) in [4.78, 5) is 31.5. The lowest BCUT2D eigenvalue weighted by atomic mass is 10.00. The van der Waals surface area contributed by atoms with Gasteiger partial charge in [0.2, 0.25) is 11.8 Å². The lowest BCUT2D eigenvalue weighted by Crippen LogP contribution is -2.39. The second kappa shape index (κ2) is 9.10. The molecule has 1 heterocycles. The van der Waals surface area contributed by atoms with Crippen molar-refractivity contribution in [3.63, 3.8) is 0 Å². The van der Waals surface area contributed by atoms with Crippen molar-refractivity contribution in [2.45, 2.75) is 6.92 Å². The Morgan fingerprint density at radius 1 is 1.09 bits per heavy atom. The summed E-state index contributed by atoms with van der Waals surface area (Å²) in [5.74, 6) is -1.25. The number of benzodiazepines with no additional fused rings is 1. The Bertz CT molecular complexity index is 1260. The second-order valence-corrected chi connectivity index (χ2v) is 8.14. The highest BCUT2D eigenvalue weighted by molar-refractivity contribution is 6.37. The Kier molecular flexibility index (Phi) is 6.26. The Balaban J connectivity index is 1.68. The smallest absolute Gasteiger partial charge is 0.249 e. The van der Waals surface area contributed by atoms with E-state index in [1.54, 1.807) is 49.4 Å². The van der Waals surface area contributed by atoms with E-state index in [-0.39, 0.29) is 19.0 Å². The lowest BCUT2D eigenvalue weighted by Gasteiger charge is -2.23. The van der Waals surface area contributed by atoms with Crippen LogP contribution < -0.4 is 10.2 Å². The van der Waals surface area contributed by atoms with Gasteiger partial charge in [-0.25, -0.2) is 4.39 Å². The molecule has 0 saturated carbocycles. The van der Waals surface area contributed by atoms with Crippen LogP contribution in [0.15, 0.2) is 65.7 Å². The van der Waals surface area contributed by atoms with Crippen LogP contribution in [0.3, 0.4) is 0 Å². The van der Waals surface area contributed by atoms with Gasteiger partial charge in [0.15, 0.2) is 0 Å². The molecule has 0 spiro atoms. The van der Waals surface area contributed by atoms with Crippen molar-refractivity contribution in [3.05, 3.63) is 93.2 Å². The van der Waals surface area contributed by atoms with Gasteiger partial charge in [-0.2, -0.15) is 0 Å². The number of benzene rings is 3. The number of carbonyl (C=O) groups is 2. The van der Waals surface area contributed by atoms with E-state index in [1.165, 1.54) is 11.0 Å². The number of amides is 2. The van der Waals surface area contributed by atoms with Crippen molar-refractivity contribution in [1.82, 2.24) is 0 Å². The first kappa shape index (κ1) is 22.0. The highest BCUT2D eigenvalue weighted by Crippen LogP contribution is 2.31. The highest BCUT2D eigenvalue weighted by atomic mass is 35.5. The van der Waals surface area contributed by atoms with Crippen molar-refractivity contribution in [3.8, 4) is 0 Å². The maximum Gasteiger partial charge on any atom is 0.249 e. The summed E-state index contributed by atoms with van der Waals surface area (Å²) in [7, 11) is 0. The predicted octanol–water partition coefficient (Wildman–Crippen LogP) is 5.26. The van der Waals surface area contributed by atoms with Crippen LogP contribution in [0.4, 0.5) is 15.8 Å². The topological polar surface area (TPSA) is 61.8 Å². The van der Waals surface area contributed by atoms with Crippen molar-refractivity contribution in [2.75, 3.05) is 23.3 Å². The van der Waals surface area contributed by atoms with E-state index in [4.69, 9.17) is 23.2 Å². The van der Waals surface area contributed by atoms with Gasteiger partial charge >= 0.3 is 0 Å². The van der Waals surface area contributed by atoms with Crippen LogP contribution in [0.5, 0.6) is 0 Å². The number of fused-ring (bicyclic) bond motifs is 1. The molecular weight excluding hydrogens is 452 g/mol. The minimum atomic E-state index is -0.469. The van der Waals surface area contributed by atoms with Crippen molar-refractivity contribution >= 4 is 52.1 Å². The minimum absolute atomic E-state index is 0.167. The zero-order chi connectivity index (χ0) is 22.8. The number of nitrogens with zero attached hydrogens (tertiary/aromatic N) is 2. The maximum atomic E-state index is 13.8. The number of hydrogen-bond donors (Lipinski definition) is 1. The van der Waals surface area contributed by atoms with Crippen LogP contribution in [0.2, 0.25) is 10.0 Å². The molecule has 0 bridgehead atoms. The van der Waals surface area contributed by atoms with Gasteiger partial charge < -0.3 is 10.2 Å². The predicted molar refractivity (Wildman–Crippen MR) is 126 cm³/mol. The van der Waals surface area contributed by atoms with Gasteiger partial charge in [-0.15, -0.1) is 0 Å².